The molecule has 0 bridgehead atoms. The molecule has 0 aliphatic carbocycles. The van der Waals surface area contributed by atoms with Gasteiger partial charge in [-0.05, 0) is 42.9 Å². The smallest absolute Gasteiger partial charge is 0.133 e. The van der Waals surface area contributed by atoms with Crippen LogP contribution in [0.3, 0.4) is 0 Å². The van der Waals surface area contributed by atoms with Crippen LogP contribution in [0.2, 0.25) is 0 Å². The van der Waals surface area contributed by atoms with E-state index in [0.29, 0.717) is 0 Å². The predicted molar refractivity (Wildman–Crippen MR) is 76.9 cm³/mol. The highest BCUT2D eigenvalue weighted by atomic mass is 79.9. The van der Waals surface area contributed by atoms with Crippen LogP contribution in [-0.2, 0) is 11.3 Å². The summed E-state index contributed by atoms with van der Waals surface area (Å²) in [5, 5.41) is 3.19. The molecule has 2 heterocycles. The number of hydrogen-bond donors (Lipinski definition) is 1. The van der Waals surface area contributed by atoms with Crippen molar-refractivity contribution in [2.75, 3.05) is 25.0 Å². The maximum Gasteiger partial charge on any atom is 0.133 e. The number of halogens is 1. The van der Waals surface area contributed by atoms with Gasteiger partial charge in [0.05, 0.1) is 12.2 Å². The van der Waals surface area contributed by atoms with Crippen LogP contribution in [0, 0.1) is 0 Å². The number of aromatic nitrogens is 1. The Morgan fingerprint density at radius 2 is 2.11 bits per heavy atom. The largest absolute Gasteiger partial charge is 0.372 e. The molecular formula is C13H20BrN3O. The molecule has 4 nitrogen and oxygen atoms in total. The third kappa shape index (κ3) is 3.22. The van der Waals surface area contributed by atoms with Crippen LogP contribution in [0.15, 0.2) is 16.7 Å². The minimum absolute atomic E-state index is 0.252. The van der Waals surface area contributed by atoms with Crippen LogP contribution < -0.4 is 10.2 Å². The molecule has 1 N–H and O–H groups in total. The van der Waals surface area contributed by atoms with Gasteiger partial charge >= 0.3 is 0 Å². The third-order valence-corrected chi connectivity index (χ3v) is 3.43. The van der Waals surface area contributed by atoms with Gasteiger partial charge in [-0.15, -0.1) is 0 Å². The first-order valence-electron chi connectivity index (χ1n) is 6.29. The summed E-state index contributed by atoms with van der Waals surface area (Å²) < 4.78 is 6.79. The van der Waals surface area contributed by atoms with E-state index < -0.39 is 0 Å². The van der Waals surface area contributed by atoms with Crippen LogP contribution >= 0.6 is 15.9 Å². The van der Waals surface area contributed by atoms with Gasteiger partial charge in [0.1, 0.15) is 5.82 Å². The van der Waals surface area contributed by atoms with E-state index in [9.17, 15) is 0 Å². The van der Waals surface area contributed by atoms with E-state index >= 15 is 0 Å². The Morgan fingerprint density at radius 3 is 2.72 bits per heavy atom. The molecule has 0 aromatic carbocycles. The third-order valence-electron chi connectivity index (χ3n) is 3.00. The molecule has 0 radical (unpaired) electrons. The van der Waals surface area contributed by atoms with Gasteiger partial charge in [0.2, 0.25) is 0 Å². The van der Waals surface area contributed by atoms with Crippen molar-refractivity contribution in [1.82, 2.24) is 10.3 Å². The lowest BCUT2D eigenvalue weighted by atomic mass is 10.2. The molecule has 5 heteroatoms. The summed E-state index contributed by atoms with van der Waals surface area (Å²) in [5.41, 5.74) is 1.22. The number of nitrogens with zero attached hydrogens (tertiary/aromatic N) is 2. The van der Waals surface area contributed by atoms with Crippen LogP contribution in [0.5, 0.6) is 0 Å². The number of pyridine rings is 1. The van der Waals surface area contributed by atoms with E-state index in [2.05, 4.69) is 51.0 Å². The van der Waals surface area contributed by atoms with Crippen LogP contribution in [0.1, 0.15) is 19.4 Å². The number of rotatable bonds is 3. The van der Waals surface area contributed by atoms with Crippen molar-refractivity contribution >= 4 is 21.7 Å². The zero-order valence-electron chi connectivity index (χ0n) is 11.1. The van der Waals surface area contributed by atoms with Gasteiger partial charge in [-0.3, -0.25) is 0 Å². The van der Waals surface area contributed by atoms with Gasteiger partial charge in [-0.25, -0.2) is 4.98 Å². The molecule has 0 amide bonds. The minimum atomic E-state index is 0.252. The fourth-order valence-electron chi connectivity index (χ4n) is 2.43. The van der Waals surface area contributed by atoms with Crippen molar-refractivity contribution in [2.45, 2.75) is 32.6 Å². The van der Waals surface area contributed by atoms with Crippen LogP contribution in [0.4, 0.5) is 5.82 Å². The Labute approximate surface area is 117 Å². The summed E-state index contributed by atoms with van der Waals surface area (Å²) in [4.78, 5) is 6.89. The van der Waals surface area contributed by atoms with Gasteiger partial charge in [0.15, 0.2) is 0 Å². The lowest BCUT2D eigenvalue weighted by Crippen LogP contribution is -2.46. The molecular weight excluding hydrogens is 294 g/mol. The van der Waals surface area contributed by atoms with E-state index in [0.717, 1.165) is 29.9 Å². The van der Waals surface area contributed by atoms with Gasteiger partial charge in [0.25, 0.3) is 0 Å². The van der Waals surface area contributed by atoms with Crippen LogP contribution in [0.25, 0.3) is 0 Å². The Bertz CT molecular complexity index is 403. The molecule has 1 aromatic rings. The maximum absolute atomic E-state index is 5.77. The minimum Gasteiger partial charge on any atom is -0.372 e. The van der Waals surface area contributed by atoms with Gasteiger partial charge in [-0.1, -0.05) is 0 Å². The molecule has 1 aromatic heterocycles. The van der Waals surface area contributed by atoms with Crippen molar-refractivity contribution in [1.29, 1.82) is 0 Å². The first-order valence-corrected chi connectivity index (χ1v) is 7.09. The highest BCUT2D eigenvalue weighted by molar-refractivity contribution is 9.10. The average Bonchev–Trinajstić information content (AvgIpc) is 2.28. The molecule has 1 aliphatic heterocycles. The second kappa shape index (κ2) is 5.99. The molecule has 0 spiro atoms. The number of hydrogen-bond acceptors (Lipinski definition) is 4. The summed E-state index contributed by atoms with van der Waals surface area (Å²) in [6.45, 7) is 6.84. The normalized spacial score (nSPS) is 24.3. The fourth-order valence-corrected chi connectivity index (χ4v) is 2.81. The highest BCUT2D eigenvalue weighted by Crippen LogP contribution is 2.24. The van der Waals surface area contributed by atoms with Gasteiger partial charge in [0, 0.05) is 35.9 Å². The van der Waals surface area contributed by atoms with E-state index in [1.807, 2.05) is 13.2 Å². The SMILES string of the molecule is CNCc1cc(Br)cnc1N1C[C@@H](C)O[C@@H](C)C1. The summed E-state index contributed by atoms with van der Waals surface area (Å²) in [5.74, 6) is 1.06. The van der Waals surface area contributed by atoms with Crippen LogP contribution in [-0.4, -0.2) is 37.3 Å². The zero-order chi connectivity index (χ0) is 13.1. The average molecular weight is 314 g/mol. The predicted octanol–water partition coefficient (Wildman–Crippen LogP) is 2.18. The molecule has 0 saturated carbocycles. The first kappa shape index (κ1) is 13.8. The van der Waals surface area contributed by atoms with E-state index in [1.165, 1.54) is 5.56 Å². The summed E-state index contributed by atoms with van der Waals surface area (Å²) >= 11 is 3.48. The van der Waals surface area contributed by atoms with E-state index in [-0.39, 0.29) is 12.2 Å². The lowest BCUT2D eigenvalue weighted by Gasteiger charge is -2.37. The molecule has 18 heavy (non-hydrogen) atoms. The Balaban J connectivity index is 2.25. The molecule has 100 valence electrons. The van der Waals surface area contributed by atoms with Crippen molar-refractivity contribution in [3.63, 3.8) is 0 Å². The molecule has 2 rings (SSSR count). The zero-order valence-corrected chi connectivity index (χ0v) is 12.7. The summed E-state index contributed by atoms with van der Waals surface area (Å²) in [6.07, 6.45) is 2.36. The number of nitrogens with one attached hydrogen (secondary N) is 1. The Morgan fingerprint density at radius 1 is 1.44 bits per heavy atom. The van der Waals surface area contributed by atoms with Crippen molar-refractivity contribution in [2.24, 2.45) is 0 Å². The first-order chi connectivity index (χ1) is 8.60. The topological polar surface area (TPSA) is 37.4 Å². The number of morpholine rings is 1. The Hall–Kier alpha value is -0.650. The summed E-state index contributed by atoms with van der Waals surface area (Å²) in [6, 6.07) is 2.13. The number of anilines is 1. The highest BCUT2D eigenvalue weighted by Gasteiger charge is 2.24. The maximum atomic E-state index is 5.77. The van der Waals surface area contributed by atoms with Crippen molar-refractivity contribution in [3.05, 3.63) is 22.3 Å². The summed E-state index contributed by atoms with van der Waals surface area (Å²) in [7, 11) is 1.95. The van der Waals surface area contributed by atoms with Gasteiger partial charge < -0.3 is 15.0 Å². The second-order valence-corrected chi connectivity index (χ2v) is 5.74. The fraction of sp³-hybridized carbons (Fsp3) is 0.615. The van der Waals surface area contributed by atoms with Crippen molar-refractivity contribution in [3.8, 4) is 0 Å². The molecule has 1 aliphatic rings. The van der Waals surface area contributed by atoms with Gasteiger partial charge in [-0.2, -0.15) is 0 Å². The number of ether oxygens (including phenoxy) is 1. The molecule has 2 atom stereocenters. The monoisotopic (exact) mass is 313 g/mol. The van der Waals surface area contributed by atoms with E-state index in [4.69, 9.17) is 4.74 Å². The molecule has 1 saturated heterocycles. The van der Waals surface area contributed by atoms with Crippen molar-refractivity contribution < 1.29 is 4.74 Å². The standard InChI is InChI=1S/C13H20BrN3O/c1-9-7-17(8-10(2)18-9)13-11(5-15-3)4-12(14)6-16-13/h4,6,9-10,15H,5,7-8H2,1-3H3/t9-,10+. The quantitative estimate of drug-likeness (QED) is 0.928. The molecule has 0 unspecified atom stereocenters. The Kier molecular flexibility index (Phi) is 4.59. The molecule has 1 fully saturated rings. The van der Waals surface area contributed by atoms with E-state index in [1.54, 1.807) is 0 Å². The lowest BCUT2D eigenvalue weighted by molar-refractivity contribution is -0.00551. The second-order valence-electron chi connectivity index (χ2n) is 4.83.